The van der Waals surface area contributed by atoms with Crippen LogP contribution in [0.5, 0.6) is 5.75 Å². The largest absolute Gasteiger partial charge is 0.496 e. The summed E-state index contributed by atoms with van der Waals surface area (Å²) in [6.45, 7) is 4.22. The Balaban J connectivity index is 1.29. The van der Waals surface area contributed by atoms with Crippen molar-refractivity contribution in [3.8, 4) is 5.75 Å². The van der Waals surface area contributed by atoms with Gasteiger partial charge in [-0.2, -0.15) is 13.2 Å². The van der Waals surface area contributed by atoms with Gasteiger partial charge in [0.1, 0.15) is 11.4 Å². The number of hydrogen-bond donors (Lipinski definition) is 1. The summed E-state index contributed by atoms with van der Waals surface area (Å²) in [5, 5.41) is 3.04. The fourth-order valence-corrected chi connectivity index (χ4v) is 7.74. The molecule has 5 nitrogen and oxygen atoms in total. The van der Waals surface area contributed by atoms with Gasteiger partial charge in [0, 0.05) is 29.7 Å². The first-order chi connectivity index (χ1) is 16.1. The van der Waals surface area contributed by atoms with Gasteiger partial charge in [0.05, 0.1) is 16.7 Å². The molecule has 1 spiro atoms. The van der Waals surface area contributed by atoms with Gasteiger partial charge in [0.15, 0.2) is 0 Å². The van der Waals surface area contributed by atoms with Crippen molar-refractivity contribution in [3.63, 3.8) is 0 Å². The first kappa shape index (κ1) is 23.8. The molecule has 5 rings (SSSR count). The van der Waals surface area contributed by atoms with Gasteiger partial charge in [-0.1, -0.05) is 28.7 Å². The van der Waals surface area contributed by atoms with Crippen LogP contribution in [-0.2, 0) is 6.18 Å². The molecule has 2 aromatic rings. The van der Waals surface area contributed by atoms with Crippen molar-refractivity contribution in [2.45, 2.75) is 67.9 Å². The van der Waals surface area contributed by atoms with Crippen LogP contribution in [0.15, 0.2) is 30.5 Å². The molecule has 182 valence electrons. The van der Waals surface area contributed by atoms with Gasteiger partial charge in [0.2, 0.25) is 0 Å². The van der Waals surface area contributed by atoms with Crippen LogP contribution in [0.3, 0.4) is 0 Å². The highest BCUT2D eigenvalue weighted by molar-refractivity contribution is 14.1. The minimum absolute atomic E-state index is 0.00306. The summed E-state index contributed by atoms with van der Waals surface area (Å²) in [5.74, 6) is 0.485. The number of likely N-dealkylation sites (tertiary alicyclic amines) is 1. The average molecular weight is 585 g/mol. The zero-order valence-electron chi connectivity index (χ0n) is 19.2. The zero-order valence-corrected chi connectivity index (χ0v) is 21.4. The van der Waals surface area contributed by atoms with E-state index in [4.69, 9.17) is 4.74 Å². The van der Waals surface area contributed by atoms with Gasteiger partial charge in [-0.05, 0) is 74.4 Å². The number of carbonyl (C=O) groups excluding carboxylic acids is 1. The number of methoxy groups -OCH3 is 1. The van der Waals surface area contributed by atoms with Crippen LogP contribution < -0.4 is 10.1 Å². The van der Waals surface area contributed by atoms with Crippen LogP contribution in [0, 0.1) is 19.3 Å². The van der Waals surface area contributed by atoms with Crippen molar-refractivity contribution in [2.24, 2.45) is 5.41 Å². The van der Waals surface area contributed by atoms with Crippen molar-refractivity contribution in [1.82, 2.24) is 15.2 Å². The molecule has 2 heterocycles. The Morgan fingerprint density at radius 3 is 2.59 bits per heavy atom. The molecule has 1 aromatic heterocycles. The van der Waals surface area contributed by atoms with Crippen LogP contribution in [0.2, 0.25) is 0 Å². The van der Waals surface area contributed by atoms with E-state index in [1.165, 1.54) is 11.1 Å². The van der Waals surface area contributed by atoms with Gasteiger partial charge < -0.3 is 10.1 Å². The van der Waals surface area contributed by atoms with Crippen LogP contribution >= 0.6 is 22.6 Å². The maximum Gasteiger partial charge on any atom is 0.417 e. The predicted octanol–water partition coefficient (Wildman–Crippen LogP) is 5.58. The number of nitrogens with one attached hydrogen (secondary N) is 1. The maximum absolute atomic E-state index is 12.8. The molecule has 9 heteroatoms. The van der Waals surface area contributed by atoms with E-state index in [2.05, 4.69) is 57.7 Å². The Kier molecular flexibility index (Phi) is 5.86. The topological polar surface area (TPSA) is 54.5 Å². The quantitative estimate of drug-likeness (QED) is 0.283. The Morgan fingerprint density at radius 1 is 1.24 bits per heavy atom. The molecular formula is C25H27F3IN3O2. The maximum atomic E-state index is 12.8. The molecule has 3 aliphatic rings. The number of benzene rings is 1. The summed E-state index contributed by atoms with van der Waals surface area (Å²) in [6, 6.07) is 7.13. The third kappa shape index (κ3) is 3.61. The van der Waals surface area contributed by atoms with Crippen LogP contribution in [0.1, 0.15) is 62.5 Å². The third-order valence-electron chi connectivity index (χ3n) is 8.24. The number of alkyl halides is 4. The number of halogens is 4. The number of pyridine rings is 1. The molecule has 5 unspecified atom stereocenters. The SMILES string of the molecule is COc1ccc(C(I)N2C3CCC34CC(NC(=O)c3ccc(C(F)(F)F)cn3)CC24)c(C)c1C. The van der Waals surface area contributed by atoms with Crippen molar-refractivity contribution in [2.75, 3.05) is 7.11 Å². The summed E-state index contributed by atoms with van der Waals surface area (Å²) < 4.78 is 44.1. The number of rotatable bonds is 5. The van der Waals surface area contributed by atoms with E-state index < -0.39 is 17.6 Å². The minimum atomic E-state index is -4.47. The number of amides is 1. The molecule has 1 saturated heterocycles. The van der Waals surface area contributed by atoms with Crippen LogP contribution in [0.25, 0.3) is 0 Å². The molecule has 0 radical (unpaired) electrons. The summed E-state index contributed by atoms with van der Waals surface area (Å²) in [7, 11) is 1.69. The second kappa shape index (κ2) is 8.36. The Hall–Kier alpha value is -1.88. The highest BCUT2D eigenvalue weighted by atomic mass is 127. The molecule has 1 aliphatic heterocycles. The number of aromatic nitrogens is 1. The highest BCUT2D eigenvalue weighted by Gasteiger charge is 2.70. The zero-order chi connectivity index (χ0) is 24.4. The van der Waals surface area contributed by atoms with E-state index >= 15 is 0 Å². The van der Waals surface area contributed by atoms with Gasteiger partial charge in [-0.25, -0.2) is 0 Å². The number of hydrogen-bond acceptors (Lipinski definition) is 4. The molecule has 2 aliphatic carbocycles. The first-order valence-corrected chi connectivity index (χ1v) is 12.7. The smallest absolute Gasteiger partial charge is 0.417 e. The van der Waals surface area contributed by atoms with Crippen molar-refractivity contribution in [3.05, 3.63) is 58.4 Å². The molecule has 2 saturated carbocycles. The molecule has 1 aromatic carbocycles. The number of nitrogens with zero attached hydrogens (tertiary/aromatic N) is 2. The van der Waals surface area contributed by atoms with E-state index in [0.29, 0.717) is 12.1 Å². The van der Waals surface area contributed by atoms with E-state index in [-0.39, 0.29) is 21.2 Å². The molecule has 1 amide bonds. The lowest BCUT2D eigenvalue weighted by molar-refractivity contribution is -0.192. The Bertz CT molecular complexity index is 1120. The Labute approximate surface area is 210 Å². The molecule has 3 fully saturated rings. The van der Waals surface area contributed by atoms with Crippen LogP contribution in [0.4, 0.5) is 13.2 Å². The summed E-state index contributed by atoms with van der Waals surface area (Å²) in [5.41, 5.74) is 3.09. The van der Waals surface area contributed by atoms with Gasteiger partial charge in [0.25, 0.3) is 5.91 Å². The third-order valence-corrected chi connectivity index (χ3v) is 9.56. The molecule has 0 bridgehead atoms. The van der Waals surface area contributed by atoms with Crippen LogP contribution in [-0.4, -0.2) is 41.0 Å². The lowest BCUT2D eigenvalue weighted by atomic mass is 9.53. The average Bonchev–Trinajstić information content (AvgIpc) is 3.15. The Morgan fingerprint density at radius 2 is 2.00 bits per heavy atom. The lowest BCUT2D eigenvalue weighted by Crippen LogP contribution is -2.74. The summed E-state index contributed by atoms with van der Waals surface area (Å²) >= 11 is 2.53. The van der Waals surface area contributed by atoms with E-state index in [9.17, 15) is 18.0 Å². The predicted molar refractivity (Wildman–Crippen MR) is 130 cm³/mol. The lowest BCUT2D eigenvalue weighted by Gasteiger charge is -2.69. The highest BCUT2D eigenvalue weighted by Crippen LogP contribution is 2.68. The molecular weight excluding hydrogens is 558 g/mol. The fourth-order valence-electron chi connectivity index (χ4n) is 6.29. The van der Waals surface area contributed by atoms with E-state index in [1.54, 1.807) is 7.11 Å². The first-order valence-electron chi connectivity index (χ1n) is 11.5. The minimum Gasteiger partial charge on any atom is -0.496 e. The standard InChI is InChI=1S/C25H27F3IN3O2/c1-13-14(2)19(34-3)7-5-17(13)22(29)32-20-8-9-24(20)11-16(10-21(24)32)31-23(33)18-6-4-15(12-30-18)25(26,27)28/h4-7,12,16,20-22H,8-11H2,1-3H3,(H,31,33). The number of ether oxygens (including phenoxy) is 1. The number of piperidine rings is 1. The van der Waals surface area contributed by atoms with E-state index in [1.807, 2.05) is 6.07 Å². The second-order valence-electron chi connectivity index (χ2n) is 9.73. The fraction of sp³-hybridized carbons (Fsp3) is 0.520. The number of carbonyl (C=O) groups is 1. The normalized spacial score (nSPS) is 28.9. The van der Waals surface area contributed by atoms with Crippen molar-refractivity contribution >= 4 is 28.5 Å². The molecule has 34 heavy (non-hydrogen) atoms. The molecule has 5 atom stereocenters. The summed E-state index contributed by atoms with van der Waals surface area (Å²) in [4.78, 5) is 19.0. The van der Waals surface area contributed by atoms with E-state index in [0.717, 1.165) is 55.3 Å². The monoisotopic (exact) mass is 585 g/mol. The van der Waals surface area contributed by atoms with Gasteiger partial charge in [-0.3, -0.25) is 14.7 Å². The van der Waals surface area contributed by atoms with Crippen molar-refractivity contribution < 1.29 is 22.7 Å². The van der Waals surface area contributed by atoms with Gasteiger partial charge in [-0.15, -0.1) is 0 Å². The molecule has 1 N–H and O–H groups in total. The second-order valence-corrected chi connectivity index (χ2v) is 10.9. The summed E-state index contributed by atoms with van der Waals surface area (Å²) in [6.07, 6.45) is 0.325. The van der Waals surface area contributed by atoms with Crippen molar-refractivity contribution in [1.29, 1.82) is 0 Å². The van der Waals surface area contributed by atoms with Gasteiger partial charge >= 0.3 is 6.18 Å².